The third-order valence-electron chi connectivity index (χ3n) is 4.26. The van der Waals surface area contributed by atoms with Crippen LogP contribution in [0.2, 0.25) is 0 Å². The van der Waals surface area contributed by atoms with Crippen molar-refractivity contribution in [3.63, 3.8) is 0 Å². The molecule has 0 radical (unpaired) electrons. The fraction of sp³-hybridized carbons (Fsp3) is 0.273. The van der Waals surface area contributed by atoms with Crippen LogP contribution in [0.1, 0.15) is 24.5 Å². The van der Waals surface area contributed by atoms with Gasteiger partial charge in [-0.3, -0.25) is 0 Å². The summed E-state index contributed by atoms with van der Waals surface area (Å²) in [6, 6.07) is 11.7. The van der Waals surface area contributed by atoms with Gasteiger partial charge >= 0.3 is 12.2 Å². The van der Waals surface area contributed by atoms with E-state index in [4.69, 9.17) is 9.47 Å². The van der Waals surface area contributed by atoms with E-state index >= 15 is 0 Å². The minimum absolute atomic E-state index is 0.103. The Morgan fingerprint density at radius 3 is 1.71 bits per heavy atom. The summed E-state index contributed by atoms with van der Waals surface area (Å²) in [6.45, 7) is 4.73. The lowest BCUT2D eigenvalue weighted by Gasteiger charge is -2.12. The monoisotopic (exact) mass is 508 g/mol. The number of carbonyl (C=O) groups is 2. The van der Waals surface area contributed by atoms with Gasteiger partial charge in [-0.2, -0.15) is 0 Å². The minimum atomic E-state index is -4.12. The van der Waals surface area contributed by atoms with Crippen LogP contribution in [-0.2, 0) is 29.5 Å². The van der Waals surface area contributed by atoms with Gasteiger partial charge in [-0.1, -0.05) is 54.2 Å². The van der Waals surface area contributed by atoms with Crippen LogP contribution >= 0.6 is 0 Å². The van der Waals surface area contributed by atoms with Crippen LogP contribution in [0.25, 0.3) is 0 Å². The fourth-order valence-electron chi connectivity index (χ4n) is 2.43. The van der Waals surface area contributed by atoms with Crippen LogP contribution in [0.3, 0.4) is 0 Å². The van der Waals surface area contributed by atoms with Crippen LogP contribution in [0.4, 0.5) is 9.59 Å². The number of sulfonamides is 2. The summed E-state index contributed by atoms with van der Waals surface area (Å²) in [5, 5.41) is 0. The van der Waals surface area contributed by atoms with E-state index in [2.05, 4.69) is 11.8 Å². The molecule has 0 heterocycles. The Hall–Kier alpha value is -3.56. The van der Waals surface area contributed by atoms with Crippen LogP contribution in [0, 0.1) is 25.7 Å². The Kier molecular flexibility index (Phi) is 9.05. The van der Waals surface area contributed by atoms with Gasteiger partial charge in [-0.05, 0) is 44.5 Å². The van der Waals surface area contributed by atoms with Crippen molar-refractivity contribution in [1.29, 1.82) is 0 Å². The van der Waals surface area contributed by atoms with Crippen LogP contribution < -0.4 is 9.44 Å². The van der Waals surface area contributed by atoms with E-state index in [9.17, 15) is 26.4 Å². The summed E-state index contributed by atoms with van der Waals surface area (Å²) < 4.78 is 62.0. The van der Waals surface area contributed by atoms with Crippen LogP contribution in [0.5, 0.6) is 0 Å². The van der Waals surface area contributed by atoms with Crippen molar-refractivity contribution >= 4 is 32.2 Å². The number of benzene rings is 2. The number of amides is 2. The molecule has 2 rings (SSSR count). The van der Waals surface area contributed by atoms with Crippen molar-refractivity contribution in [2.45, 2.75) is 43.1 Å². The van der Waals surface area contributed by atoms with E-state index in [1.165, 1.54) is 24.3 Å². The molecule has 1 atom stereocenters. The normalized spacial score (nSPS) is 12.0. The van der Waals surface area contributed by atoms with Gasteiger partial charge in [0.05, 0.1) is 9.79 Å². The summed E-state index contributed by atoms with van der Waals surface area (Å²) in [5.41, 5.74) is 1.71. The molecule has 34 heavy (non-hydrogen) atoms. The Bertz CT molecular complexity index is 1290. The maximum absolute atomic E-state index is 12.2. The lowest BCUT2D eigenvalue weighted by molar-refractivity contribution is 0.127. The van der Waals surface area contributed by atoms with E-state index < -0.39 is 44.9 Å². The van der Waals surface area contributed by atoms with Crippen molar-refractivity contribution in [3.8, 4) is 11.8 Å². The first-order valence-electron chi connectivity index (χ1n) is 9.97. The fourth-order valence-corrected chi connectivity index (χ4v) is 4.20. The molecule has 0 aliphatic heterocycles. The topological polar surface area (TPSA) is 145 Å². The molecule has 2 aromatic rings. The quantitative estimate of drug-likeness (QED) is 0.543. The highest BCUT2D eigenvalue weighted by molar-refractivity contribution is 7.90. The van der Waals surface area contributed by atoms with Gasteiger partial charge in [0.2, 0.25) is 0 Å². The number of ether oxygens (including phenoxy) is 2. The predicted octanol–water partition coefficient (Wildman–Crippen LogP) is 2.62. The van der Waals surface area contributed by atoms with E-state index in [0.29, 0.717) is 0 Å². The molecule has 0 spiro atoms. The highest BCUT2D eigenvalue weighted by Crippen LogP contribution is 2.11. The second-order valence-corrected chi connectivity index (χ2v) is 10.4. The summed E-state index contributed by atoms with van der Waals surface area (Å²) in [4.78, 5) is 23.5. The number of nitrogens with one attached hydrogen (secondary N) is 2. The SMILES string of the molecule is CCC(C#CCOC(=O)NS(=O)(=O)c1ccc(C)cc1)OC(=O)NS(=O)(=O)c1ccc(C)cc1. The largest absolute Gasteiger partial charge is 0.436 e. The summed E-state index contributed by atoms with van der Waals surface area (Å²) in [7, 11) is -8.22. The van der Waals surface area contributed by atoms with E-state index in [1.807, 2.05) is 0 Å². The van der Waals surface area contributed by atoms with E-state index in [1.54, 1.807) is 54.5 Å². The Morgan fingerprint density at radius 2 is 1.26 bits per heavy atom. The highest BCUT2D eigenvalue weighted by Gasteiger charge is 2.20. The molecule has 0 aliphatic carbocycles. The molecule has 0 saturated heterocycles. The van der Waals surface area contributed by atoms with Crippen molar-refractivity contribution in [1.82, 2.24) is 9.44 Å². The molecule has 0 aliphatic rings. The molecule has 2 amide bonds. The average molecular weight is 509 g/mol. The van der Waals surface area contributed by atoms with Gasteiger partial charge in [0.25, 0.3) is 20.0 Å². The average Bonchev–Trinajstić information content (AvgIpc) is 2.75. The van der Waals surface area contributed by atoms with Crippen molar-refractivity contribution < 1.29 is 35.9 Å². The Labute approximate surface area is 198 Å². The molecule has 12 heteroatoms. The van der Waals surface area contributed by atoms with Gasteiger partial charge in [0, 0.05) is 0 Å². The van der Waals surface area contributed by atoms with Gasteiger partial charge in [0.15, 0.2) is 12.7 Å². The molecule has 2 N–H and O–H groups in total. The molecule has 0 bridgehead atoms. The second-order valence-electron chi connectivity index (χ2n) is 7.04. The van der Waals surface area contributed by atoms with E-state index in [0.717, 1.165) is 11.1 Å². The molecule has 0 aromatic heterocycles. The zero-order valence-corrected chi connectivity index (χ0v) is 20.3. The maximum Gasteiger partial charge on any atom is 0.422 e. The summed E-state index contributed by atoms with van der Waals surface area (Å²) in [5.74, 6) is 4.93. The highest BCUT2D eigenvalue weighted by atomic mass is 32.2. The molecular formula is C22H24N2O8S2. The lowest BCUT2D eigenvalue weighted by atomic mass is 10.2. The van der Waals surface area contributed by atoms with Crippen molar-refractivity contribution in [2.24, 2.45) is 0 Å². The van der Waals surface area contributed by atoms with Crippen molar-refractivity contribution in [2.75, 3.05) is 6.61 Å². The minimum Gasteiger partial charge on any atom is -0.436 e. The maximum atomic E-state index is 12.2. The number of rotatable bonds is 7. The Balaban J connectivity index is 1.87. The molecular weight excluding hydrogens is 484 g/mol. The zero-order chi connectivity index (χ0) is 25.4. The molecule has 2 aromatic carbocycles. The first-order valence-corrected chi connectivity index (χ1v) is 12.9. The first kappa shape index (κ1) is 26.7. The number of carbonyl (C=O) groups excluding carboxylic acids is 2. The van der Waals surface area contributed by atoms with Gasteiger partial charge in [-0.25, -0.2) is 35.9 Å². The second kappa shape index (κ2) is 11.5. The van der Waals surface area contributed by atoms with Gasteiger partial charge < -0.3 is 9.47 Å². The summed E-state index contributed by atoms with van der Waals surface area (Å²) >= 11 is 0. The molecule has 0 saturated carbocycles. The molecule has 10 nitrogen and oxygen atoms in total. The third-order valence-corrected chi connectivity index (χ3v) is 6.91. The standard InChI is InChI=1S/C22H24N2O8S2/c1-4-18(32-22(26)24-34(29,30)20-13-9-17(3)10-14-20)6-5-15-31-21(25)23-33(27,28)19-11-7-16(2)8-12-19/h7-14,18H,4,15H2,1-3H3,(H,23,25)(H,24,26). The van der Waals surface area contributed by atoms with Gasteiger partial charge in [-0.15, -0.1) is 0 Å². The van der Waals surface area contributed by atoms with Crippen LogP contribution in [0.15, 0.2) is 58.3 Å². The summed E-state index contributed by atoms with van der Waals surface area (Å²) in [6.07, 6.45) is -3.22. The van der Waals surface area contributed by atoms with E-state index in [-0.39, 0.29) is 16.2 Å². The number of aryl methyl sites for hydroxylation is 2. The Morgan fingerprint density at radius 1 is 0.824 bits per heavy atom. The molecule has 0 fully saturated rings. The smallest absolute Gasteiger partial charge is 0.422 e. The zero-order valence-electron chi connectivity index (χ0n) is 18.7. The van der Waals surface area contributed by atoms with Crippen molar-refractivity contribution in [3.05, 3.63) is 59.7 Å². The van der Waals surface area contributed by atoms with Gasteiger partial charge in [0.1, 0.15) is 0 Å². The first-order chi connectivity index (χ1) is 15.9. The molecule has 1 unspecified atom stereocenters. The predicted molar refractivity (Wildman–Crippen MR) is 123 cm³/mol. The molecule has 182 valence electrons. The third kappa shape index (κ3) is 8.09. The lowest BCUT2D eigenvalue weighted by Crippen LogP contribution is -2.33. The number of hydrogen-bond acceptors (Lipinski definition) is 8. The number of hydrogen-bond donors (Lipinski definition) is 2. The van der Waals surface area contributed by atoms with Crippen LogP contribution in [-0.4, -0.2) is 41.7 Å².